The van der Waals surface area contributed by atoms with E-state index in [2.05, 4.69) is 20.7 Å². The Morgan fingerprint density at radius 3 is 2.65 bits per heavy atom. The lowest BCUT2D eigenvalue weighted by atomic mass is 10.3. The van der Waals surface area contributed by atoms with Crippen LogP contribution in [0.2, 0.25) is 0 Å². The molecular formula is C9H13BrN2O3S2. The minimum Gasteiger partial charge on any atom is -0.399 e. The third kappa shape index (κ3) is 4.38. The predicted octanol–water partition coefficient (Wildman–Crippen LogP) is 0.688. The third-order valence-electron chi connectivity index (χ3n) is 1.93. The Balaban J connectivity index is 2.86. The number of hydrogen-bond acceptors (Lipinski definition) is 4. The molecule has 1 rings (SSSR count). The average Bonchev–Trinajstić information content (AvgIpc) is 2.15. The molecule has 0 saturated carbocycles. The van der Waals surface area contributed by atoms with Gasteiger partial charge in [-0.25, -0.2) is 13.1 Å². The van der Waals surface area contributed by atoms with Gasteiger partial charge in [0.05, 0.1) is 4.90 Å². The summed E-state index contributed by atoms with van der Waals surface area (Å²) in [5.41, 5.74) is 6.00. The molecule has 1 atom stereocenters. The first-order valence-electron chi connectivity index (χ1n) is 4.67. The van der Waals surface area contributed by atoms with Crippen LogP contribution in [0.25, 0.3) is 0 Å². The van der Waals surface area contributed by atoms with E-state index in [4.69, 9.17) is 5.73 Å². The molecular weight excluding hydrogens is 328 g/mol. The zero-order valence-corrected chi connectivity index (χ0v) is 12.4. The maximum Gasteiger partial charge on any atom is 0.241 e. The van der Waals surface area contributed by atoms with Crippen LogP contribution < -0.4 is 10.5 Å². The van der Waals surface area contributed by atoms with Gasteiger partial charge in [-0.15, -0.1) is 0 Å². The highest BCUT2D eigenvalue weighted by Gasteiger charge is 2.17. The lowest BCUT2D eigenvalue weighted by molar-refractivity contribution is 0.583. The average molecular weight is 341 g/mol. The van der Waals surface area contributed by atoms with Gasteiger partial charge in [0, 0.05) is 39.5 Å². The number of anilines is 1. The maximum atomic E-state index is 11.9. The molecule has 17 heavy (non-hydrogen) atoms. The zero-order chi connectivity index (χ0) is 13.1. The summed E-state index contributed by atoms with van der Waals surface area (Å²) in [4.78, 5) is 0.119. The molecule has 0 aliphatic heterocycles. The van der Waals surface area contributed by atoms with Crippen LogP contribution in [0.15, 0.2) is 27.6 Å². The fourth-order valence-electron chi connectivity index (χ4n) is 1.13. The highest BCUT2D eigenvalue weighted by atomic mass is 79.9. The number of rotatable bonds is 5. The second-order valence-electron chi connectivity index (χ2n) is 3.36. The molecule has 3 N–H and O–H groups in total. The predicted molar refractivity (Wildman–Crippen MR) is 72.7 cm³/mol. The van der Waals surface area contributed by atoms with Crippen molar-refractivity contribution in [2.75, 3.05) is 24.3 Å². The van der Waals surface area contributed by atoms with Gasteiger partial charge in [-0.2, -0.15) is 0 Å². The Morgan fingerprint density at radius 1 is 1.47 bits per heavy atom. The number of halogens is 1. The van der Waals surface area contributed by atoms with E-state index in [-0.39, 0.29) is 17.2 Å². The van der Waals surface area contributed by atoms with Crippen LogP contribution in [0, 0.1) is 0 Å². The monoisotopic (exact) mass is 340 g/mol. The summed E-state index contributed by atoms with van der Waals surface area (Å²) in [6.45, 7) is 0.141. The molecule has 96 valence electrons. The molecule has 0 fully saturated rings. The second-order valence-corrected chi connectivity index (χ2v) is 7.51. The van der Waals surface area contributed by atoms with E-state index in [9.17, 15) is 12.6 Å². The molecule has 8 heteroatoms. The molecule has 0 amide bonds. The summed E-state index contributed by atoms with van der Waals surface area (Å²) in [5, 5.41) is 0. The second kappa shape index (κ2) is 5.94. The van der Waals surface area contributed by atoms with Crippen molar-refractivity contribution >= 4 is 42.4 Å². The molecule has 0 aromatic heterocycles. The van der Waals surface area contributed by atoms with Crippen molar-refractivity contribution in [3.63, 3.8) is 0 Å². The molecule has 0 spiro atoms. The molecule has 1 aromatic rings. The van der Waals surface area contributed by atoms with Crippen LogP contribution in [0.4, 0.5) is 5.69 Å². The zero-order valence-electron chi connectivity index (χ0n) is 9.14. The smallest absolute Gasteiger partial charge is 0.241 e. The van der Waals surface area contributed by atoms with E-state index in [1.165, 1.54) is 24.5 Å². The van der Waals surface area contributed by atoms with Gasteiger partial charge >= 0.3 is 0 Å². The summed E-state index contributed by atoms with van der Waals surface area (Å²) in [7, 11) is -4.61. The van der Waals surface area contributed by atoms with E-state index < -0.39 is 20.8 Å². The van der Waals surface area contributed by atoms with E-state index in [0.717, 1.165) is 0 Å². The first-order chi connectivity index (χ1) is 7.83. The third-order valence-corrected chi connectivity index (χ3v) is 5.14. The van der Waals surface area contributed by atoms with Crippen molar-refractivity contribution in [1.82, 2.24) is 4.72 Å². The summed E-state index contributed by atoms with van der Waals surface area (Å²) >= 11 is 3.14. The molecule has 5 nitrogen and oxygen atoms in total. The van der Waals surface area contributed by atoms with E-state index in [1.54, 1.807) is 0 Å². The highest BCUT2D eigenvalue weighted by molar-refractivity contribution is 9.10. The van der Waals surface area contributed by atoms with Crippen molar-refractivity contribution in [2.45, 2.75) is 4.90 Å². The summed E-state index contributed by atoms with van der Waals surface area (Å²) in [5.74, 6) is 0.284. The molecule has 1 aromatic carbocycles. The van der Waals surface area contributed by atoms with Crippen LogP contribution in [0.5, 0.6) is 0 Å². The largest absolute Gasteiger partial charge is 0.399 e. The Hall–Kier alpha value is -0.440. The Labute approximate surface area is 111 Å². The van der Waals surface area contributed by atoms with Gasteiger partial charge in [-0.05, 0) is 34.1 Å². The highest BCUT2D eigenvalue weighted by Crippen LogP contribution is 2.23. The van der Waals surface area contributed by atoms with Gasteiger partial charge in [0.25, 0.3) is 0 Å². The molecule has 0 aliphatic carbocycles. The van der Waals surface area contributed by atoms with Gasteiger partial charge in [-0.3, -0.25) is 4.21 Å². The number of nitrogens with two attached hydrogens (primary N) is 1. The van der Waals surface area contributed by atoms with E-state index in [1.807, 2.05) is 0 Å². The van der Waals surface area contributed by atoms with Crippen LogP contribution in [0.3, 0.4) is 0 Å². The van der Waals surface area contributed by atoms with E-state index >= 15 is 0 Å². The fraction of sp³-hybridized carbons (Fsp3) is 0.333. The van der Waals surface area contributed by atoms with Crippen molar-refractivity contribution in [3.8, 4) is 0 Å². The van der Waals surface area contributed by atoms with Crippen molar-refractivity contribution in [2.24, 2.45) is 0 Å². The molecule has 0 heterocycles. The van der Waals surface area contributed by atoms with Gasteiger partial charge in [0.2, 0.25) is 10.0 Å². The summed E-state index contributed by atoms with van der Waals surface area (Å²) < 4.78 is 37.3. The van der Waals surface area contributed by atoms with Gasteiger partial charge in [-0.1, -0.05) is 0 Å². The SMILES string of the molecule is CS(=O)CCNS(=O)(=O)c1ccc(N)cc1Br. The maximum absolute atomic E-state index is 11.9. The number of benzene rings is 1. The van der Waals surface area contributed by atoms with Crippen LogP contribution >= 0.6 is 15.9 Å². The minimum atomic E-state index is -3.59. The molecule has 1 unspecified atom stereocenters. The van der Waals surface area contributed by atoms with E-state index in [0.29, 0.717) is 10.2 Å². The number of hydrogen-bond donors (Lipinski definition) is 2. The lowest BCUT2D eigenvalue weighted by Crippen LogP contribution is -2.28. The number of nitrogens with one attached hydrogen (secondary N) is 1. The van der Waals surface area contributed by atoms with Gasteiger partial charge in [0.1, 0.15) is 0 Å². The van der Waals surface area contributed by atoms with Crippen LogP contribution in [0.1, 0.15) is 0 Å². The van der Waals surface area contributed by atoms with Crippen molar-refractivity contribution in [3.05, 3.63) is 22.7 Å². The first kappa shape index (κ1) is 14.6. The van der Waals surface area contributed by atoms with Crippen molar-refractivity contribution in [1.29, 1.82) is 0 Å². The first-order valence-corrected chi connectivity index (χ1v) is 8.68. The van der Waals surface area contributed by atoms with Crippen LogP contribution in [-0.4, -0.2) is 31.2 Å². The molecule has 0 bridgehead atoms. The lowest BCUT2D eigenvalue weighted by Gasteiger charge is -2.08. The molecule has 0 aliphatic rings. The summed E-state index contributed by atoms with van der Waals surface area (Å²) in [6, 6.07) is 4.45. The quantitative estimate of drug-likeness (QED) is 0.771. The van der Waals surface area contributed by atoms with Gasteiger partial charge < -0.3 is 5.73 Å². The number of nitrogen functional groups attached to an aromatic ring is 1. The Morgan fingerprint density at radius 2 is 2.12 bits per heavy atom. The molecule has 0 radical (unpaired) electrons. The van der Waals surface area contributed by atoms with Gasteiger partial charge in [0.15, 0.2) is 0 Å². The summed E-state index contributed by atoms with van der Waals surface area (Å²) in [6.07, 6.45) is 1.52. The standard InChI is InChI=1S/C9H13BrN2O3S2/c1-16(13)5-4-12-17(14,15)9-3-2-7(11)6-8(9)10/h2-3,6,12H,4-5,11H2,1H3. The Kier molecular flexibility index (Phi) is 5.11. The van der Waals surface area contributed by atoms with Crippen molar-refractivity contribution < 1.29 is 12.6 Å². The van der Waals surface area contributed by atoms with Crippen LogP contribution in [-0.2, 0) is 20.8 Å². The number of sulfonamides is 1. The minimum absolute atomic E-state index is 0.119. The fourth-order valence-corrected chi connectivity index (χ4v) is 3.78. The normalized spacial score (nSPS) is 13.5. The topological polar surface area (TPSA) is 89.3 Å². The molecule has 0 saturated heterocycles. The Bertz CT molecular complexity index is 531.